The first-order chi connectivity index (χ1) is 8.72. The van der Waals surface area contributed by atoms with Gasteiger partial charge in [-0.3, -0.25) is 4.79 Å². The van der Waals surface area contributed by atoms with E-state index in [1.54, 1.807) is 28.9 Å². The van der Waals surface area contributed by atoms with Gasteiger partial charge in [-0.15, -0.1) is 0 Å². The van der Waals surface area contributed by atoms with E-state index in [0.717, 1.165) is 5.69 Å². The first-order valence-electron chi connectivity index (χ1n) is 5.27. The number of amides is 1. The first kappa shape index (κ1) is 10.5. The Morgan fingerprint density at radius 2 is 2.28 bits per heavy atom. The lowest BCUT2D eigenvalue weighted by Crippen LogP contribution is -2.15. The zero-order chi connectivity index (χ0) is 12.5. The quantitative estimate of drug-likeness (QED) is 0.732. The van der Waals surface area contributed by atoms with Crippen LogP contribution < -0.4 is 5.32 Å². The highest BCUT2D eigenvalue weighted by molar-refractivity contribution is 6.02. The summed E-state index contributed by atoms with van der Waals surface area (Å²) >= 11 is 0. The summed E-state index contributed by atoms with van der Waals surface area (Å²) in [7, 11) is 0. The fraction of sp³-hybridized carbons (Fsp3) is 0.0909. The third-order valence-corrected chi connectivity index (χ3v) is 2.35. The van der Waals surface area contributed by atoms with Gasteiger partial charge >= 0.3 is 0 Å². The molecule has 0 aliphatic heterocycles. The summed E-state index contributed by atoms with van der Waals surface area (Å²) in [6.07, 6.45) is 3.13. The second-order valence-corrected chi connectivity index (χ2v) is 3.74. The van der Waals surface area contributed by atoms with E-state index in [1.807, 2.05) is 6.92 Å². The number of imidazole rings is 1. The maximum Gasteiger partial charge on any atom is 0.277 e. The molecule has 0 saturated carbocycles. The molecule has 0 aromatic carbocycles. The molecule has 0 saturated heterocycles. The molecule has 0 radical (unpaired) electrons. The molecular weight excluding hydrogens is 234 g/mol. The SMILES string of the molecule is Cc1cn2nc(C(=O)Nc3ccon3)ccc2n1. The van der Waals surface area contributed by atoms with E-state index >= 15 is 0 Å². The predicted molar refractivity (Wildman–Crippen MR) is 62.2 cm³/mol. The predicted octanol–water partition coefficient (Wildman–Crippen LogP) is 1.28. The smallest absolute Gasteiger partial charge is 0.277 e. The molecule has 0 bridgehead atoms. The topological polar surface area (TPSA) is 85.3 Å². The van der Waals surface area contributed by atoms with Crippen LogP contribution in [0.15, 0.2) is 35.2 Å². The van der Waals surface area contributed by atoms with Gasteiger partial charge in [-0.25, -0.2) is 9.50 Å². The fourth-order valence-corrected chi connectivity index (χ4v) is 1.58. The van der Waals surface area contributed by atoms with Crippen LogP contribution in [0.4, 0.5) is 5.82 Å². The van der Waals surface area contributed by atoms with Crippen LogP contribution >= 0.6 is 0 Å². The number of hydrogen-bond acceptors (Lipinski definition) is 5. The van der Waals surface area contributed by atoms with Crippen LogP contribution in [0.25, 0.3) is 5.65 Å². The number of aryl methyl sites for hydroxylation is 1. The van der Waals surface area contributed by atoms with Gasteiger partial charge in [0.15, 0.2) is 11.5 Å². The van der Waals surface area contributed by atoms with Gasteiger partial charge < -0.3 is 9.84 Å². The number of nitrogens with one attached hydrogen (secondary N) is 1. The fourth-order valence-electron chi connectivity index (χ4n) is 1.58. The number of nitrogens with zero attached hydrogens (tertiary/aromatic N) is 4. The van der Waals surface area contributed by atoms with Crippen LogP contribution in [0.5, 0.6) is 0 Å². The highest BCUT2D eigenvalue weighted by Crippen LogP contribution is 2.07. The van der Waals surface area contributed by atoms with Gasteiger partial charge in [0.1, 0.15) is 12.0 Å². The molecule has 0 atom stereocenters. The zero-order valence-electron chi connectivity index (χ0n) is 9.49. The van der Waals surface area contributed by atoms with E-state index in [0.29, 0.717) is 11.5 Å². The minimum absolute atomic E-state index is 0.280. The molecule has 0 aliphatic carbocycles. The molecule has 90 valence electrons. The largest absolute Gasteiger partial charge is 0.363 e. The van der Waals surface area contributed by atoms with E-state index in [-0.39, 0.29) is 11.6 Å². The standard InChI is InChI=1S/C11H9N5O2/c1-7-6-16-10(12-7)3-2-8(14-16)11(17)13-9-4-5-18-15-9/h2-6H,1H3,(H,13,15,17). The van der Waals surface area contributed by atoms with Gasteiger partial charge in [0, 0.05) is 6.07 Å². The third kappa shape index (κ3) is 1.81. The molecule has 18 heavy (non-hydrogen) atoms. The molecule has 7 nitrogen and oxygen atoms in total. The highest BCUT2D eigenvalue weighted by Gasteiger charge is 2.10. The summed E-state index contributed by atoms with van der Waals surface area (Å²) in [5.41, 5.74) is 1.82. The number of aromatic nitrogens is 4. The summed E-state index contributed by atoms with van der Waals surface area (Å²) in [5.74, 6) is 0.000798. The number of carbonyl (C=O) groups excluding carboxylic acids is 1. The summed E-state index contributed by atoms with van der Waals surface area (Å²) < 4.78 is 6.19. The van der Waals surface area contributed by atoms with Crippen molar-refractivity contribution in [3.63, 3.8) is 0 Å². The summed E-state index contributed by atoms with van der Waals surface area (Å²) in [6.45, 7) is 1.86. The molecule has 3 rings (SSSR count). The van der Waals surface area contributed by atoms with Crippen molar-refractivity contribution in [2.45, 2.75) is 6.92 Å². The van der Waals surface area contributed by atoms with Gasteiger partial charge in [-0.05, 0) is 19.1 Å². The monoisotopic (exact) mass is 243 g/mol. The lowest BCUT2D eigenvalue weighted by Gasteiger charge is -2.00. The number of hydrogen-bond donors (Lipinski definition) is 1. The van der Waals surface area contributed by atoms with Crippen molar-refractivity contribution in [3.8, 4) is 0 Å². The lowest BCUT2D eigenvalue weighted by atomic mass is 10.3. The van der Waals surface area contributed by atoms with Gasteiger partial charge in [0.05, 0.1) is 11.9 Å². The van der Waals surface area contributed by atoms with Crippen LogP contribution in [0.2, 0.25) is 0 Å². The minimum Gasteiger partial charge on any atom is -0.363 e. The normalized spacial score (nSPS) is 10.7. The molecule has 0 unspecified atom stereocenters. The Kier molecular flexibility index (Phi) is 2.30. The van der Waals surface area contributed by atoms with Crippen molar-refractivity contribution in [1.29, 1.82) is 0 Å². The van der Waals surface area contributed by atoms with Gasteiger partial charge in [-0.2, -0.15) is 5.10 Å². The van der Waals surface area contributed by atoms with Crippen molar-refractivity contribution < 1.29 is 9.32 Å². The number of anilines is 1. The molecule has 1 N–H and O–H groups in total. The van der Waals surface area contributed by atoms with Crippen LogP contribution in [0.3, 0.4) is 0 Å². The molecule has 3 aromatic heterocycles. The second-order valence-electron chi connectivity index (χ2n) is 3.74. The lowest BCUT2D eigenvalue weighted by molar-refractivity contribution is 0.102. The van der Waals surface area contributed by atoms with Crippen LogP contribution in [0.1, 0.15) is 16.2 Å². The summed E-state index contributed by atoms with van der Waals surface area (Å²) in [5, 5.41) is 10.3. The van der Waals surface area contributed by atoms with E-state index < -0.39 is 0 Å². The van der Waals surface area contributed by atoms with Gasteiger partial charge in [-0.1, -0.05) is 5.16 Å². The number of fused-ring (bicyclic) bond motifs is 1. The summed E-state index contributed by atoms with van der Waals surface area (Å²) in [6, 6.07) is 4.90. The molecule has 3 heterocycles. The number of rotatable bonds is 2. The molecule has 0 fully saturated rings. The van der Waals surface area contributed by atoms with E-state index in [4.69, 9.17) is 0 Å². The van der Waals surface area contributed by atoms with Crippen molar-refractivity contribution in [3.05, 3.63) is 42.0 Å². The molecular formula is C11H9N5O2. The molecule has 3 aromatic rings. The molecule has 0 spiro atoms. The van der Waals surface area contributed by atoms with Crippen molar-refractivity contribution in [2.75, 3.05) is 5.32 Å². The Morgan fingerprint density at radius 3 is 3.06 bits per heavy atom. The molecule has 7 heteroatoms. The Hall–Kier alpha value is -2.70. The summed E-state index contributed by atoms with van der Waals surface area (Å²) in [4.78, 5) is 16.1. The van der Waals surface area contributed by atoms with Crippen molar-refractivity contribution in [2.24, 2.45) is 0 Å². The van der Waals surface area contributed by atoms with E-state index in [1.165, 1.54) is 6.26 Å². The van der Waals surface area contributed by atoms with E-state index in [2.05, 4.69) is 25.1 Å². The second kappa shape index (κ2) is 3.95. The Morgan fingerprint density at radius 1 is 1.39 bits per heavy atom. The Balaban J connectivity index is 1.91. The van der Waals surface area contributed by atoms with Crippen LogP contribution in [-0.2, 0) is 0 Å². The highest BCUT2D eigenvalue weighted by atomic mass is 16.5. The van der Waals surface area contributed by atoms with Gasteiger partial charge in [0.2, 0.25) is 0 Å². The van der Waals surface area contributed by atoms with Gasteiger partial charge in [0.25, 0.3) is 5.91 Å². The van der Waals surface area contributed by atoms with Crippen molar-refractivity contribution in [1.82, 2.24) is 19.8 Å². The maximum atomic E-state index is 11.9. The Labute approximate surface area is 101 Å². The van der Waals surface area contributed by atoms with Crippen LogP contribution in [-0.4, -0.2) is 25.7 Å². The van der Waals surface area contributed by atoms with Crippen LogP contribution in [0, 0.1) is 6.92 Å². The average molecular weight is 243 g/mol. The molecule has 0 aliphatic rings. The first-order valence-corrected chi connectivity index (χ1v) is 5.27. The Bertz CT molecular complexity index is 701. The van der Waals surface area contributed by atoms with E-state index in [9.17, 15) is 4.79 Å². The third-order valence-electron chi connectivity index (χ3n) is 2.35. The molecule has 1 amide bonds. The minimum atomic E-state index is -0.350. The number of carbonyl (C=O) groups is 1. The average Bonchev–Trinajstić information content (AvgIpc) is 2.95. The van der Waals surface area contributed by atoms with Crippen molar-refractivity contribution >= 4 is 17.4 Å². The maximum absolute atomic E-state index is 11.9. The zero-order valence-corrected chi connectivity index (χ0v) is 9.49.